The topological polar surface area (TPSA) is 55.3 Å². The Morgan fingerprint density at radius 2 is 1.00 bits per heavy atom. The molecule has 5 nitrogen and oxygen atoms in total. The Balaban J connectivity index is -0.000000160. The Kier molecular flexibility index (Phi) is 14.0. The Morgan fingerprint density at radius 1 is 0.812 bits per heavy atom. The van der Waals surface area contributed by atoms with Crippen molar-refractivity contribution in [3.63, 3.8) is 0 Å². The van der Waals surface area contributed by atoms with Crippen LogP contribution in [0.5, 0.6) is 0 Å². The molecular formula is C10H29N2O3P. The molecule has 102 valence electrons. The molecular weight excluding hydrogens is 227 g/mol. The summed E-state index contributed by atoms with van der Waals surface area (Å²) in [5, 5.41) is 0. The van der Waals surface area contributed by atoms with E-state index in [2.05, 4.69) is 60.9 Å². The standard InChI is InChI=1S/2C4H12N.C2H5O3P/c2*1-5(2,3)4;1-2-5-6(3)4/h2*1-4H3;2H2,1H3/q2*+1;-2. The van der Waals surface area contributed by atoms with Crippen LogP contribution in [0, 0.1) is 0 Å². The molecule has 0 amide bonds. The van der Waals surface area contributed by atoms with E-state index in [1.807, 2.05) is 0 Å². The molecule has 6 heteroatoms. The molecule has 0 aliphatic carbocycles. The van der Waals surface area contributed by atoms with E-state index in [9.17, 15) is 9.79 Å². The van der Waals surface area contributed by atoms with Gasteiger partial charge in [0.25, 0.3) is 0 Å². The van der Waals surface area contributed by atoms with E-state index in [1.54, 1.807) is 6.92 Å². The number of quaternary nitrogens is 2. The van der Waals surface area contributed by atoms with Gasteiger partial charge in [-0.3, -0.25) is 0 Å². The summed E-state index contributed by atoms with van der Waals surface area (Å²) in [6, 6.07) is 0. The lowest BCUT2D eigenvalue weighted by Gasteiger charge is -2.27. The summed E-state index contributed by atoms with van der Waals surface area (Å²) in [7, 11) is 14.4. The molecule has 0 rings (SSSR count). The molecule has 0 N–H and O–H groups in total. The molecule has 0 aromatic heterocycles. The third-order valence-corrected chi connectivity index (χ3v) is 0.704. The average Bonchev–Trinajstić information content (AvgIpc) is 1.76. The van der Waals surface area contributed by atoms with Crippen molar-refractivity contribution in [2.24, 2.45) is 0 Å². The number of hydrogen-bond donors (Lipinski definition) is 0. The van der Waals surface area contributed by atoms with Crippen molar-refractivity contribution < 1.29 is 23.3 Å². The largest absolute Gasteiger partial charge is 0.820 e. The molecule has 0 fully saturated rings. The van der Waals surface area contributed by atoms with Gasteiger partial charge < -0.3 is 23.3 Å². The zero-order chi connectivity index (χ0) is 14.0. The van der Waals surface area contributed by atoms with E-state index in [4.69, 9.17) is 0 Å². The first-order valence-corrected chi connectivity index (χ1v) is 6.22. The zero-order valence-corrected chi connectivity index (χ0v) is 13.2. The summed E-state index contributed by atoms with van der Waals surface area (Å²) < 4.78 is 6.00. The lowest BCUT2D eigenvalue weighted by molar-refractivity contribution is -0.849. The molecule has 0 atom stereocenters. The molecule has 0 aliphatic rings. The minimum atomic E-state index is -2.60. The van der Waals surface area contributed by atoms with Crippen LogP contribution >= 0.6 is 8.60 Å². The summed E-state index contributed by atoms with van der Waals surface area (Å²) >= 11 is 0. The van der Waals surface area contributed by atoms with Crippen LogP contribution in [0.1, 0.15) is 6.92 Å². The molecule has 0 aliphatic heterocycles. The molecule has 16 heavy (non-hydrogen) atoms. The normalized spacial score (nSPS) is 11.2. The first-order chi connectivity index (χ1) is 6.77. The van der Waals surface area contributed by atoms with Crippen molar-refractivity contribution in [3.05, 3.63) is 0 Å². The molecule has 0 saturated carbocycles. The molecule has 0 aromatic carbocycles. The molecule has 0 radical (unpaired) electrons. The highest BCUT2D eigenvalue weighted by atomic mass is 31.2. The summed E-state index contributed by atoms with van der Waals surface area (Å²) in [6.07, 6.45) is 0. The second-order valence-corrected chi connectivity index (χ2v) is 6.71. The number of rotatable bonds is 2. The lowest BCUT2D eigenvalue weighted by atomic mass is 10.8. The quantitative estimate of drug-likeness (QED) is 0.500. The van der Waals surface area contributed by atoms with Gasteiger partial charge in [0, 0.05) is 6.61 Å². The molecule has 0 saturated heterocycles. The van der Waals surface area contributed by atoms with Crippen molar-refractivity contribution in [2.75, 3.05) is 63.0 Å². The Hall–Kier alpha value is 0.230. The molecule has 0 spiro atoms. The number of hydrogen-bond acceptors (Lipinski definition) is 3. The highest BCUT2D eigenvalue weighted by Crippen LogP contribution is 2.10. The van der Waals surface area contributed by atoms with Gasteiger partial charge in [0.15, 0.2) is 0 Å². The van der Waals surface area contributed by atoms with Gasteiger partial charge >= 0.3 is 0 Å². The average molecular weight is 256 g/mol. The predicted octanol–water partition coefficient (Wildman–Crippen LogP) is -0.385. The molecule has 0 aromatic rings. The van der Waals surface area contributed by atoms with Crippen molar-refractivity contribution >= 4 is 8.60 Å². The van der Waals surface area contributed by atoms with Crippen molar-refractivity contribution in [3.8, 4) is 0 Å². The summed E-state index contributed by atoms with van der Waals surface area (Å²) in [6.45, 7) is 1.85. The maximum atomic E-state index is 9.41. The van der Waals surface area contributed by atoms with Crippen LogP contribution in [0.15, 0.2) is 0 Å². The Bertz CT molecular complexity index is 118. The molecule has 0 unspecified atom stereocenters. The third kappa shape index (κ3) is 239. The van der Waals surface area contributed by atoms with Crippen LogP contribution in [0.3, 0.4) is 0 Å². The Labute approximate surface area is 102 Å². The first kappa shape index (κ1) is 21.5. The third-order valence-electron chi connectivity index (χ3n) is 0.235. The molecule has 0 bridgehead atoms. The van der Waals surface area contributed by atoms with Gasteiger partial charge in [0.05, 0.1) is 56.4 Å². The number of nitrogens with zero attached hydrogens (tertiary/aromatic N) is 2. The fourth-order valence-electron chi connectivity index (χ4n) is 0.105. The van der Waals surface area contributed by atoms with Crippen LogP contribution in [-0.2, 0) is 4.52 Å². The Morgan fingerprint density at radius 3 is 1.00 bits per heavy atom. The van der Waals surface area contributed by atoms with Gasteiger partial charge in [-0.05, 0) is 6.92 Å². The van der Waals surface area contributed by atoms with Crippen molar-refractivity contribution in [1.82, 2.24) is 0 Å². The summed E-state index contributed by atoms with van der Waals surface area (Å²) in [5.74, 6) is 0. The van der Waals surface area contributed by atoms with Crippen LogP contribution in [0.2, 0.25) is 0 Å². The first-order valence-electron chi connectivity index (χ1n) is 5.12. The summed E-state index contributed by atoms with van der Waals surface area (Å²) in [5.41, 5.74) is 0. The van der Waals surface area contributed by atoms with Gasteiger partial charge in [-0.15, -0.1) is 0 Å². The van der Waals surface area contributed by atoms with Gasteiger partial charge in [0.1, 0.15) is 0 Å². The van der Waals surface area contributed by atoms with Crippen molar-refractivity contribution in [1.29, 1.82) is 0 Å². The predicted molar refractivity (Wildman–Crippen MR) is 66.5 cm³/mol. The lowest BCUT2D eigenvalue weighted by Crippen LogP contribution is -2.27. The van der Waals surface area contributed by atoms with Crippen LogP contribution in [0.25, 0.3) is 0 Å². The van der Waals surface area contributed by atoms with E-state index in [1.165, 1.54) is 0 Å². The minimum absolute atomic E-state index is 0.235. The van der Waals surface area contributed by atoms with E-state index in [0.717, 1.165) is 8.97 Å². The second-order valence-electron chi connectivity index (χ2n) is 6.01. The fourth-order valence-corrected chi connectivity index (χ4v) is 0.316. The van der Waals surface area contributed by atoms with E-state index >= 15 is 0 Å². The van der Waals surface area contributed by atoms with Crippen LogP contribution in [-0.4, -0.2) is 72.0 Å². The van der Waals surface area contributed by atoms with Gasteiger partial charge in [-0.2, -0.15) is 8.60 Å². The van der Waals surface area contributed by atoms with Gasteiger partial charge in [-0.1, -0.05) is 0 Å². The highest BCUT2D eigenvalue weighted by Gasteiger charge is 1.88. The van der Waals surface area contributed by atoms with E-state index < -0.39 is 8.60 Å². The van der Waals surface area contributed by atoms with Crippen LogP contribution in [0.4, 0.5) is 0 Å². The van der Waals surface area contributed by atoms with Crippen LogP contribution < -0.4 is 9.79 Å². The maximum absolute atomic E-state index is 9.41. The minimum Gasteiger partial charge on any atom is -0.820 e. The molecule has 0 heterocycles. The van der Waals surface area contributed by atoms with E-state index in [-0.39, 0.29) is 6.61 Å². The van der Waals surface area contributed by atoms with Gasteiger partial charge in [0.2, 0.25) is 0 Å². The van der Waals surface area contributed by atoms with Crippen molar-refractivity contribution in [2.45, 2.75) is 6.92 Å². The van der Waals surface area contributed by atoms with E-state index in [0.29, 0.717) is 0 Å². The smallest absolute Gasteiger partial charge is 0.0675 e. The van der Waals surface area contributed by atoms with Gasteiger partial charge in [-0.25, -0.2) is 0 Å². The fraction of sp³-hybridized carbons (Fsp3) is 1.00. The summed E-state index contributed by atoms with van der Waals surface area (Å²) in [4.78, 5) is 18.8. The second kappa shape index (κ2) is 10.4. The zero-order valence-electron chi connectivity index (χ0n) is 12.3. The monoisotopic (exact) mass is 256 g/mol. The highest BCUT2D eigenvalue weighted by molar-refractivity contribution is 7.36. The maximum Gasteiger partial charge on any atom is 0.0675 e. The SMILES string of the molecule is CCOP([O-])[O-].C[N+](C)(C)C.C[N+](C)(C)C.